The number of hydrogen-bond donors (Lipinski definition) is 1. The van der Waals surface area contributed by atoms with E-state index in [1.165, 1.54) is 10.7 Å². The Hall–Kier alpha value is -2.26. The molecular formula is C10H11N5O4. The third-order valence-electron chi connectivity index (χ3n) is 3.24. The molecule has 1 aliphatic rings. The molecule has 0 saturated carbocycles. The van der Waals surface area contributed by atoms with Crippen LogP contribution in [0.5, 0.6) is 0 Å². The zero-order chi connectivity index (χ0) is 13.6. The molecular weight excluding hydrogens is 254 g/mol. The lowest BCUT2D eigenvalue weighted by atomic mass is 10.2. The maximum absolute atomic E-state index is 10.9. The minimum Gasteiger partial charge on any atom is -0.359 e. The first-order chi connectivity index (χ1) is 9.13. The Kier molecular flexibility index (Phi) is 2.57. The van der Waals surface area contributed by atoms with E-state index in [9.17, 15) is 10.1 Å². The zero-order valence-electron chi connectivity index (χ0n) is 10.1. The molecule has 3 rings (SSSR count). The van der Waals surface area contributed by atoms with Crippen LogP contribution in [0.25, 0.3) is 5.65 Å². The molecule has 0 saturated heterocycles. The first-order valence-electron chi connectivity index (χ1n) is 5.65. The summed E-state index contributed by atoms with van der Waals surface area (Å²) in [6.45, 7) is 0.664. The Bertz CT molecular complexity index is 667. The summed E-state index contributed by atoms with van der Waals surface area (Å²) in [6, 6.07) is 0. The average molecular weight is 265 g/mol. The second kappa shape index (κ2) is 4.14. The normalized spacial score (nSPS) is 14.1. The van der Waals surface area contributed by atoms with Crippen molar-refractivity contribution in [1.29, 1.82) is 0 Å². The summed E-state index contributed by atoms with van der Waals surface area (Å²) in [4.78, 5) is 20.7. The molecule has 0 spiro atoms. The third kappa shape index (κ3) is 1.63. The van der Waals surface area contributed by atoms with Gasteiger partial charge in [-0.3, -0.25) is 15.4 Å². The van der Waals surface area contributed by atoms with Gasteiger partial charge >= 0.3 is 5.69 Å². The second-order valence-corrected chi connectivity index (χ2v) is 4.33. The van der Waals surface area contributed by atoms with Crippen LogP contribution in [0.15, 0.2) is 6.20 Å². The molecule has 0 aliphatic carbocycles. The Balaban J connectivity index is 2.33. The van der Waals surface area contributed by atoms with Gasteiger partial charge in [-0.1, -0.05) is 0 Å². The number of hydrogen-bond acceptors (Lipinski definition) is 7. The van der Waals surface area contributed by atoms with Crippen molar-refractivity contribution in [3.8, 4) is 0 Å². The summed E-state index contributed by atoms with van der Waals surface area (Å²) in [6.07, 6.45) is 1.92. The van der Waals surface area contributed by atoms with Crippen LogP contribution in [0.4, 0.5) is 11.5 Å². The molecule has 0 fully saturated rings. The number of nitro groups is 1. The van der Waals surface area contributed by atoms with E-state index in [1.54, 1.807) is 0 Å². The van der Waals surface area contributed by atoms with E-state index in [2.05, 4.69) is 15.0 Å². The highest BCUT2D eigenvalue weighted by Gasteiger charge is 2.28. The molecule has 19 heavy (non-hydrogen) atoms. The van der Waals surface area contributed by atoms with Crippen molar-refractivity contribution in [1.82, 2.24) is 14.6 Å². The summed E-state index contributed by atoms with van der Waals surface area (Å²) in [5, 5.41) is 23.6. The van der Waals surface area contributed by atoms with Crippen LogP contribution in [0.1, 0.15) is 11.3 Å². The fourth-order valence-corrected chi connectivity index (χ4v) is 2.39. The van der Waals surface area contributed by atoms with E-state index in [1.807, 2.05) is 11.9 Å². The van der Waals surface area contributed by atoms with E-state index in [4.69, 9.17) is 5.26 Å². The van der Waals surface area contributed by atoms with Crippen molar-refractivity contribution in [2.45, 2.75) is 13.0 Å². The lowest BCUT2D eigenvalue weighted by Gasteiger charge is -2.14. The number of aromatic nitrogens is 3. The minimum atomic E-state index is -0.528. The molecule has 2 aromatic rings. The fraction of sp³-hybridized carbons (Fsp3) is 0.400. The van der Waals surface area contributed by atoms with Gasteiger partial charge < -0.3 is 4.90 Å². The molecule has 0 aromatic carbocycles. The van der Waals surface area contributed by atoms with Gasteiger partial charge in [0.15, 0.2) is 0 Å². The molecule has 0 bridgehead atoms. The maximum atomic E-state index is 10.9. The van der Waals surface area contributed by atoms with E-state index >= 15 is 0 Å². The van der Waals surface area contributed by atoms with Crippen LogP contribution in [0.3, 0.4) is 0 Å². The smallest absolute Gasteiger partial charge is 0.333 e. The quantitative estimate of drug-likeness (QED) is 0.492. The number of fused-ring (bicyclic) bond motifs is 3. The van der Waals surface area contributed by atoms with Crippen LogP contribution in [0, 0.1) is 10.1 Å². The fourth-order valence-electron chi connectivity index (χ4n) is 2.39. The third-order valence-corrected chi connectivity index (χ3v) is 3.24. The van der Waals surface area contributed by atoms with Crippen molar-refractivity contribution in [2.75, 3.05) is 18.5 Å². The highest BCUT2D eigenvalue weighted by molar-refractivity contribution is 5.67. The summed E-state index contributed by atoms with van der Waals surface area (Å²) >= 11 is 0. The summed E-state index contributed by atoms with van der Waals surface area (Å²) in [5.41, 5.74) is 1.38. The zero-order valence-corrected chi connectivity index (χ0v) is 10.1. The van der Waals surface area contributed by atoms with Gasteiger partial charge in [-0.25, -0.2) is 9.87 Å². The van der Waals surface area contributed by atoms with E-state index in [-0.39, 0.29) is 17.9 Å². The van der Waals surface area contributed by atoms with E-state index in [0.717, 1.165) is 24.3 Å². The average Bonchev–Trinajstić information content (AvgIpc) is 2.93. The van der Waals surface area contributed by atoms with Gasteiger partial charge in [0.05, 0.1) is 10.6 Å². The molecule has 9 nitrogen and oxygen atoms in total. The number of rotatable bonds is 3. The molecule has 0 unspecified atom stereocenters. The van der Waals surface area contributed by atoms with E-state index < -0.39 is 4.92 Å². The number of anilines is 1. The number of nitrogens with zero attached hydrogens (tertiary/aromatic N) is 5. The largest absolute Gasteiger partial charge is 0.359 e. The van der Waals surface area contributed by atoms with E-state index in [0.29, 0.717) is 5.69 Å². The molecule has 0 amide bonds. The SMILES string of the molecule is CN1CCc2c(COO)nc3c([N+](=O)[O-])cnn3c21. The van der Waals surface area contributed by atoms with Crippen molar-refractivity contribution < 1.29 is 15.1 Å². The molecule has 0 radical (unpaired) electrons. The van der Waals surface area contributed by atoms with Gasteiger partial charge in [0.1, 0.15) is 18.6 Å². The predicted molar refractivity (Wildman–Crippen MR) is 64.0 cm³/mol. The first kappa shape index (κ1) is 11.8. The van der Waals surface area contributed by atoms with Crippen LogP contribution < -0.4 is 4.90 Å². The van der Waals surface area contributed by atoms with Crippen LogP contribution >= 0.6 is 0 Å². The first-order valence-corrected chi connectivity index (χ1v) is 5.65. The predicted octanol–water partition coefficient (Wildman–Crippen LogP) is 0.619. The van der Waals surface area contributed by atoms with Gasteiger partial charge in [0, 0.05) is 19.2 Å². The Morgan fingerprint density at radius 1 is 1.63 bits per heavy atom. The van der Waals surface area contributed by atoms with Crippen molar-refractivity contribution in [3.05, 3.63) is 27.6 Å². The van der Waals surface area contributed by atoms with Crippen molar-refractivity contribution >= 4 is 17.2 Å². The number of likely N-dealkylation sites (N-methyl/N-ethyl adjacent to an activating group) is 1. The van der Waals surface area contributed by atoms with Gasteiger partial charge in [-0.2, -0.15) is 9.61 Å². The maximum Gasteiger partial charge on any atom is 0.333 e. The van der Waals surface area contributed by atoms with Gasteiger partial charge in [-0.15, -0.1) is 0 Å². The highest BCUT2D eigenvalue weighted by atomic mass is 17.1. The Morgan fingerprint density at radius 2 is 2.42 bits per heavy atom. The lowest BCUT2D eigenvalue weighted by Crippen LogP contribution is -2.16. The van der Waals surface area contributed by atoms with Crippen LogP contribution in [-0.2, 0) is 17.9 Å². The Labute approximate surface area is 107 Å². The van der Waals surface area contributed by atoms with Gasteiger partial charge in [-0.05, 0) is 6.42 Å². The molecule has 2 aromatic heterocycles. The minimum absolute atomic E-state index is 0.102. The molecule has 100 valence electrons. The molecule has 0 atom stereocenters. The molecule has 3 heterocycles. The highest BCUT2D eigenvalue weighted by Crippen LogP contribution is 2.32. The summed E-state index contributed by atoms with van der Waals surface area (Å²) in [5.74, 6) is 0.755. The standard InChI is InChI=1S/C10H11N5O4/c1-13-3-2-6-7(5-19-18)12-9-8(15(16)17)4-11-14(9)10(6)13/h4,18H,2-3,5H2,1H3. The van der Waals surface area contributed by atoms with Crippen LogP contribution in [-0.4, -0.2) is 38.4 Å². The van der Waals surface area contributed by atoms with Crippen LogP contribution in [0.2, 0.25) is 0 Å². The summed E-state index contributed by atoms with van der Waals surface area (Å²) in [7, 11) is 1.88. The molecule has 1 N–H and O–H groups in total. The second-order valence-electron chi connectivity index (χ2n) is 4.33. The van der Waals surface area contributed by atoms with Crippen molar-refractivity contribution in [3.63, 3.8) is 0 Å². The topological polar surface area (TPSA) is 106 Å². The molecule has 9 heteroatoms. The summed E-state index contributed by atoms with van der Waals surface area (Å²) < 4.78 is 1.46. The lowest BCUT2D eigenvalue weighted by molar-refractivity contribution is -0.383. The monoisotopic (exact) mass is 265 g/mol. The van der Waals surface area contributed by atoms with Gasteiger partial charge in [0.2, 0.25) is 5.65 Å². The Morgan fingerprint density at radius 3 is 3.11 bits per heavy atom. The van der Waals surface area contributed by atoms with Crippen molar-refractivity contribution in [2.24, 2.45) is 0 Å². The molecule has 1 aliphatic heterocycles. The van der Waals surface area contributed by atoms with Gasteiger partial charge in [0.25, 0.3) is 0 Å².